The van der Waals surface area contributed by atoms with Crippen molar-refractivity contribution in [2.75, 3.05) is 0 Å². The summed E-state index contributed by atoms with van der Waals surface area (Å²) in [4.78, 5) is 22.9. The highest BCUT2D eigenvalue weighted by Crippen LogP contribution is 2.19. The predicted molar refractivity (Wildman–Crippen MR) is 77.2 cm³/mol. The van der Waals surface area contributed by atoms with Crippen LogP contribution in [-0.4, -0.2) is 23.0 Å². The summed E-state index contributed by atoms with van der Waals surface area (Å²) >= 11 is 3.35. The highest BCUT2D eigenvalue weighted by Gasteiger charge is 2.21. The van der Waals surface area contributed by atoms with E-state index in [4.69, 9.17) is 5.11 Å². The van der Waals surface area contributed by atoms with Crippen LogP contribution in [0.15, 0.2) is 22.7 Å². The molecule has 1 rings (SSSR count). The normalized spacial score (nSPS) is 12.3. The Labute approximate surface area is 121 Å². The Morgan fingerprint density at radius 1 is 1.37 bits per heavy atom. The third kappa shape index (κ3) is 4.67. The minimum atomic E-state index is -0.915. The number of aliphatic carboxylic acids is 1. The molecule has 0 heterocycles. The minimum absolute atomic E-state index is 0.0595. The fourth-order valence-corrected chi connectivity index (χ4v) is 2.37. The van der Waals surface area contributed by atoms with Gasteiger partial charge in [0.05, 0.1) is 12.0 Å². The molecule has 0 spiro atoms. The van der Waals surface area contributed by atoms with Crippen LogP contribution < -0.4 is 5.32 Å². The van der Waals surface area contributed by atoms with Gasteiger partial charge in [0.1, 0.15) is 0 Å². The zero-order valence-electron chi connectivity index (χ0n) is 11.2. The lowest BCUT2D eigenvalue weighted by Crippen LogP contribution is -2.40. The molecular formula is C14H18BrNO3. The maximum absolute atomic E-state index is 12.1. The van der Waals surface area contributed by atoms with Gasteiger partial charge in [0.15, 0.2) is 0 Å². The van der Waals surface area contributed by atoms with Gasteiger partial charge in [-0.25, -0.2) is 0 Å². The number of aryl methyl sites for hydroxylation is 1. The Morgan fingerprint density at radius 3 is 2.47 bits per heavy atom. The van der Waals surface area contributed by atoms with E-state index in [-0.39, 0.29) is 24.3 Å². The van der Waals surface area contributed by atoms with Crippen LogP contribution in [0.3, 0.4) is 0 Å². The molecule has 0 saturated heterocycles. The monoisotopic (exact) mass is 327 g/mol. The molecule has 1 aromatic carbocycles. The van der Waals surface area contributed by atoms with E-state index >= 15 is 0 Å². The molecule has 0 fully saturated rings. The van der Waals surface area contributed by atoms with Crippen LogP contribution in [0.4, 0.5) is 0 Å². The molecule has 5 heteroatoms. The van der Waals surface area contributed by atoms with Crippen LogP contribution in [0.2, 0.25) is 0 Å². The molecule has 0 aliphatic rings. The highest BCUT2D eigenvalue weighted by atomic mass is 79.9. The molecule has 2 N–H and O–H groups in total. The van der Waals surface area contributed by atoms with Crippen LogP contribution in [-0.2, 0) is 4.79 Å². The van der Waals surface area contributed by atoms with Gasteiger partial charge in [-0.15, -0.1) is 0 Å². The second kappa shape index (κ2) is 6.70. The van der Waals surface area contributed by atoms with Gasteiger partial charge < -0.3 is 10.4 Å². The van der Waals surface area contributed by atoms with Crippen molar-refractivity contribution in [2.24, 2.45) is 5.92 Å². The first-order chi connectivity index (χ1) is 8.81. The summed E-state index contributed by atoms with van der Waals surface area (Å²) in [5.41, 5.74) is 1.57. The summed E-state index contributed by atoms with van der Waals surface area (Å²) < 4.78 is 0.711. The van der Waals surface area contributed by atoms with Crippen molar-refractivity contribution in [3.05, 3.63) is 33.8 Å². The lowest BCUT2D eigenvalue weighted by Gasteiger charge is -2.21. The second-order valence-electron chi connectivity index (χ2n) is 4.91. The van der Waals surface area contributed by atoms with E-state index in [1.807, 2.05) is 32.9 Å². The number of carbonyl (C=O) groups is 2. The summed E-state index contributed by atoms with van der Waals surface area (Å²) in [6, 6.07) is 5.06. The van der Waals surface area contributed by atoms with Gasteiger partial charge in [-0.05, 0) is 46.5 Å². The Kier molecular flexibility index (Phi) is 5.54. The summed E-state index contributed by atoms with van der Waals surface area (Å²) in [7, 11) is 0. The molecule has 19 heavy (non-hydrogen) atoms. The number of halogens is 1. The van der Waals surface area contributed by atoms with Crippen LogP contribution in [0, 0.1) is 12.8 Å². The van der Waals surface area contributed by atoms with Gasteiger partial charge in [0.2, 0.25) is 0 Å². The third-order valence-corrected chi connectivity index (χ3v) is 3.54. The fourth-order valence-electron chi connectivity index (χ4n) is 1.69. The quantitative estimate of drug-likeness (QED) is 0.873. The molecule has 0 saturated carbocycles. The fraction of sp³-hybridized carbons (Fsp3) is 0.429. The molecule has 0 aliphatic carbocycles. The largest absolute Gasteiger partial charge is 0.481 e. The van der Waals surface area contributed by atoms with Crippen molar-refractivity contribution in [2.45, 2.75) is 33.2 Å². The number of carboxylic acids is 1. The summed E-state index contributed by atoms with van der Waals surface area (Å²) in [5, 5.41) is 11.6. The van der Waals surface area contributed by atoms with Gasteiger partial charge in [-0.3, -0.25) is 9.59 Å². The summed E-state index contributed by atoms with van der Waals surface area (Å²) in [5.74, 6) is -1.11. The van der Waals surface area contributed by atoms with Crippen LogP contribution in [0.25, 0.3) is 0 Å². The molecule has 0 aromatic heterocycles. The van der Waals surface area contributed by atoms with Gasteiger partial charge in [-0.2, -0.15) is 0 Å². The second-order valence-corrected chi connectivity index (χ2v) is 5.76. The third-order valence-electron chi connectivity index (χ3n) is 2.88. The lowest BCUT2D eigenvalue weighted by molar-refractivity contribution is -0.137. The first-order valence-corrected chi connectivity index (χ1v) is 6.89. The number of nitrogens with one attached hydrogen (secondary N) is 1. The molecule has 1 atom stereocenters. The van der Waals surface area contributed by atoms with Crippen LogP contribution >= 0.6 is 15.9 Å². The van der Waals surface area contributed by atoms with Crippen molar-refractivity contribution >= 4 is 27.8 Å². The Bertz CT molecular complexity index is 486. The van der Waals surface area contributed by atoms with Gasteiger partial charge in [0, 0.05) is 10.5 Å². The lowest BCUT2D eigenvalue weighted by atomic mass is 10.0. The number of amides is 1. The van der Waals surface area contributed by atoms with Crippen LogP contribution in [0.5, 0.6) is 0 Å². The molecule has 0 aliphatic heterocycles. The van der Waals surface area contributed by atoms with Gasteiger partial charge in [0.25, 0.3) is 5.91 Å². The van der Waals surface area contributed by atoms with Crippen molar-refractivity contribution < 1.29 is 14.7 Å². The predicted octanol–water partition coefficient (Wildman–Crippen LogP) is 2.99. The number of benzene rings is 1. The summed E-state index contributed by atoms with van der Waals surface area (Å²) in [6.07, 6.45) is -0.0765. The van der Waals surface area contributed by atoms with Gasteiger partial charge >= 0.3 is 5.97 Å². The number of hydrogen-bond donors (Lipinski definition) is 2. The highest BCUT2D eigenvalue weighted by molar-refractivity contribution is 9.10. The Morgan fingerprint density at radius 2 is 2.00 bits per heavy atom. The van der Waals surface area contributed by atoms with Crippen molar-refractivity contribution in [3.8, 4) is 0 Å². The van der Waals surface area contributed by atoms with E-state index in [1.54, 1.807) is 6.07 Å². The minimum Gasteiger partial charge on any atom is -0.481 e. The smallest absolute Gasteiger partial charge is 0.305 e. The maximum Gasteiger partial charge on any atom is 0.305 e. The molecule has 4 nitrogen and oxygen atoms in total. The number of hydrogen-bond acceptors (Lipinski definition) is 2. The van der Waals surface area contributed by atoms with E-state index in [2.05, 4.69) is 21.2 Å². The number of rotatable bonds is 5. The van der Waals surface area contributed by atoms with E-state index in [1.165, 1.54) is 0 Å². The zero-order chi connectivity index (χ0) is 14.6. The molecule has 0 bridgehead atoms. The van der Waals surface area contributed by atoms with Crippen molar-refractivity contribution in [1.29, 1.82) is 0 Å². The van der Waals surface area contributed by atoms with Gasteiger partial charge in [-0.1, -0.05) is 19.9 Å². The molecular weight excluding hydrogens is 310 g/mol. The first kappa shape index (κ1) is 15.7. The van der Waals surface area contributed by atoms with E-state index in [0.717, 1.165) is 5.56 Å². The van der Waals surface area contributed by atoms with E-state index in [0.29, 0.717) is 10.0 Å². The molecule has 0 radical (unpaired) electrons. The number of carboxylic acid groups (broad SMARTS) is 1. The average Bonchev–Trinajstić information content (AvgIpc) is 2.26. The SMILES string of the molecule is Cc1ccc(C(=O)NC(CC(=O)O)C(C)C)c(Br)c1. The van der Waals surface area contributed by atoms with E-state index in [9.17, 15) is 9.59 Å². The summed E-state index contributed by atoms with van der Waals surface area (Å²) in [6.45, 7) is 5.71. The number of carbonyl (C=O) groups excluding carboxylic acids is 1. The average molecular weight is 328 g/mol. The molecule has 1 amide bonds. The van der Waals surface area contributed by atoms with Crippen molar-refractivity contribution in [1.82, 2.24) is 5.32 Å². The van der Waals surface area contributed by atoms with Crippen LogP contribution in [0.1, 0.15) is 36.2 Å². The molecule has 1 unspecified atom stereocenters. The van der Waals surface area contributed by atoms with Crippen molar-refractivity contribution in [3.63, 3.8) is 0 Å². The van der Waals surface area contributed by atoms with E-state index < -0.39 is 5.97 Å². The molecule has 104 valence electrons. The standard InChI is InChI=1S/C14H18BrNO3/c1-8(2)12(7-13(17)18)16-14(19)10-5-4-9(3)6-11(10)15/h4-6,8,12H,7H2,1-3H3,(H,16,19)(H,17,18). The zero-order valence-corrected chi connectivity index (χ0v) is 12.8. The Balaban J connectivity index is 2.84. The Hall–Kier alpha value is -1.36. The first-order valence-electron chi connectivity index (χ1n) is 6.10. The maximum atomic E-state index is 12.1. The topological polar surface area (TPSA) is 66.4 Å². The molecule has 1 aromatic rings.